The predicted molar refractivity (Wildman–Crippen MR) is 97.9 cm³/mol. The number of fused-ring (bicyclic) bond motifs is 1. The number of aromatic amines is 1. The fraction of sp³-hybridized carbons (Fsp3) is 0.278. The lowest BCUT2D eigenvalue weighted by Gasteiger charge is -2.23. The third-order valence-corrected chi connectivity index (χ3v) is 4.84. The molecule has 1 amide bonds. The largest absolute Gasteiger partial charge is 0.497 e. The van der Waals surface area contributed by atoms with E-state index in [9.17, 15) is 4.79 Å². The molecule has 3 aromatic rings. The Kier molecular flexibility index (Phi) is 4.87. The van der Waals surface area contributed by atoms with E-state index in [2.05, 4.69) is 32.0 Å². The number of nitrogens with one attached hydrogen (secondary N) is 2. The Morgan fingerprint density at radius 3 is 2.88 bits per heavy atom. The minimum absolute atomic E-state index is 0.0865. The van der Waals surface area contributed by atoms with E-state index < -0.39 is 0 Å². The Labute approximate surface area is 145 Å². The van der Waals surface area contributed by atoms with Crippen molar-refractivity contribution in [3.63, 3.8) is 0 Å². The van der Waals surface area contributed by atoms with Gasteiger partial charge < -0.3 is 19.9 Å². The fourth-order valence-corrected chi connectivity index (χ4v) is 3.47. The first-order chi connectivity index (χ1) is 11.6. The maximum absolute atomic E-state index is 12.6. The molecule has 1 aromatic carbocycles. The topological polar surface area (TPSA) is 57.4 Å². The third-order valence-electron chi connectivity index (χ3n) is 4.14. The summed E-state index contributed by atoms with van der Waals surface area (Å²) in [7, 11) is 5.66. The average Bonchev–Trinajstić information content (AvgIpc) is 3.23. The van der Waals surface area contributed by atoms with E-state index in [4.69, 9.17) is 4.74 Å². The minimum atomic E-state index is -0.0865. The number of H-pyrrole nitrogens is 1. The number of ether oxygens (including phenoxy) is 1. The van der Waals surface area contributed by atoms with Gasteiger partial charge in [-0.05, 0) is 54.7 Å². The molecule has 2 aromatic heterocycles. The van der Waals surface area contributed by atoms with Gasteiger partial charge in [0, 0.05) is 23.6 Å². The summed E-state index contributed by atoms with van der Waals surface area (Å²) in [4.78, 5) is 17.9. The molecule has 24 heavy (non-hydrogen) atoms. The van der Waals surface area contributed by atoms with Crippen LogP contribution in [0.15, 0.2) is 41.2 Å². The summed E-state index contributed by atoms with van der Waals surface area (Å²) in [6, 6.07) is 7.92. The predicted octanol–water partition coefficient (Wildman–Crippen LogP) is 3.27. The van der Waals surface area contributed by atoms with Crippen LogP contribution in [-0.4, -0.2) is 43.5 Å². The number of carbonyl (C=O) groups excluding carboxylic acids is 1. The first-order valence-electron chi connectivity index (χ1n) is 7.72. The molecule has 0 saturated heterocycles. The number of likely N-dealkylation sites (N-methyl/N-ethyl adjacent to an activating group) is 1. The maximum Gasteiger partial charge on any atom is 0.253 e. The van der Waals surface area contributed by atoms with Crippen molar-refractivity contribution < 1.29 is 9.53 Å². The molecule has 3 rings (SSSR count). The maximum atomic E-state index is 12.6. The van der Waals surface area contributed by atoms with Crippen LogP contribution in [0.5, 0.6) is 5.75 Å². The Bertz CT molecular complexity index is 824. The number of rotatable bonds is 6. The SMILES string of the molecule is COc1ccc2[nH]cc(C(=O)NCC(c3ccsc3)N(C)C)c2c1. The molecule has 0 aliphatic heterocycles. The van der Waals surface area contributed by atoms with Gasteiger partial charge in [-0.25, -0.2) is 0 Å². The number of benzene rings is 1. The Hall–Kier alpha value is -2.31. The molecule has 126 valence electrons. The molecule has 0 radical (unpaired) electrons. The highest BCUT2D eigenvalue weighted by atomic mass is 32.1. The summed E-state index contributed by atoms with van der Waals surface area (Å²) in [6.45, 7) is 0.555. The van der Waals surface area contributed by atoms with Crippen molar-refractivity contribution in [2.75, 3.05) is 27.7 Å². The van der Waals surface area contributed by atoms with Gasteiger partial charge in [0.1, 0.15) is 5.75 Å². The zero-order valence-corrected chi connectivity index (χ0v) is 14.8. The number of amides is 1. The molecule has 2 heterocycles. The van der Waals surface area contributed by atoms with Crippen LogP contribution in [0.1, 0.15) is 22.0 Å². The Balaban J connectivity index is 1.77. The molecule has 0 fully saturated rings. The highest BCUT2D eigenvalue weighted by molar-refractivity contribution is 7.07. The summed E-state index contributed by atoms with van der Waals surface area (Å²) in [5.41, 5.74) is 2.76. The third kappa shape index (κ3) is 3.29. The Morgan fingerprint density at radius 2 is 2.21 bits per heavy atom. The van der Waals surface area contributed by atoms with Crippen molar-refractivity contribution in [3.8, 4) is 5.75 Å². The van der Waals surface area contributed by atoms with E-state index in [1.807, 2.05) is 32.3 Å². The quantitative estimate of drug-likeness (QED) is 0.722. The molecular formula is C18H21N3O2S. The highest BCUT2D eigenvalue weighted by Crippen LogP contribution is 2.24. The fourth-order valence-electron chi connectivity index (χ4n) is 2.76. The summed E-state index contributed by atoms with van der Waals surface area (Å²) in [5.74, 6) is 0.650. The number of carbonyl (C=O) groups is 1. The van der Waals surface area contributed by atoms with Gasteiger partial charge in [0.2, 0.25) is 0 Å². The van der Waals surface area contributed by atoms with Crippen LogP contribution in [-0.2, 0) is 0 Å². The number of hydrogen-bond donors (Lipinski definition) is 2. The van der Waals surface area contributed by atoms with Gasteiger partial charge in [0.15, 0.2) is 0 Å². The van der Waals surface area contributed by atoms with E-state index in [0.717, 1.165) is 16.7 Å². The van der Waals surface area contributed by atoms with Gasteiger partial charge in [-0.15, -0.1) is 0 Å². The molecular weight excluding hydrogens is 322 g/mol. The zero-order chi connectivity index (χ0) is 17.1. The second kappa shape index (κ2) is 7.07. The van der Waals surface area contributed by atoms with Crippen molar-refractivity contribution in [3.05, 3.63) is 52.3 Å². The van der Waals surface area contributed by atoms with Crippen LogP contribution in [0.4, 0.5) is 0 Å². The molecule has 0 aliphatic rings. The number of hydrogen-bond acceptors (Lipinski definition) is 4. The lowest BCUT2D eigenvalue weighted by atomic mass is 10.1. The molecule has 1 atom stereocenters. The first-order valence-corrected chi connectivity index (χ1v) is 8.66. The second-order valence-corrected chi connectivity index (χ2v) is 6.64. The van der Waals surface area contributed by atoms with Crippen LogP contribution in [0, 0.1) is 0 Å². The first kappa shape index (κ1) is 16.5. The molecule has 0 saturated carbocycles. The van der Waals surface area contributed by atoms with Gasteiger partial charge in [-0.1, -0.05) is 0 Å². The van der Waals surface area contributed by atoms with Crippen LogP contribution >= 0.6 is 11.3 Å². The summed E-state index contributed by atoms with van der Waals surface area (Å²) in [6.07, 6.45) is 1.74. The van der Waals surface area contributed by atoms with Gasteiger partial charge in [-0.3, -0.25) is 4.79 Å². The standard InChI is InChI=1S/C18H21N3O2S/c1-21(2)17(12-6-7-24-11-12)10-20-18(22)15-9-19-16-5-4-13(23-3)8-14(15)16/h4-9,11,17,19H,10H2,1-3H3,(H,20,22). The normalized spacial score (nSPS) is 12.5. The van der Waals surface area contributed by atoms with Crippen LogP contribution in [0.25, 0.3) is 10.9 Å². The molecule has 0 spiro atoms. The number of aromatic nitrogens is 1. The summed E-state index contributed by atoms with van der Waals surface area (Å²) >= 11 is 1.67. The van der Waals surface area contributed by atoms with Gasteiger partial charge in [-0.2, -0.15) is 11.3 Å². The highest BCUT2D eigenvalue weighted by Gasteiger charge is 2.18. The van der Waals surface area contributed by atoms with Crippen LogP contribution in [0.3, 0.4) is 0 Å². The molecule has 0 aliphatic carbocycles. The molecule has 5 nitrogen and oxygen atoms in total. The molecule has 0 bridgehead atoms. The zero-order valence-electron chi connectivity index (χ0n) is 14.0. The number of nitrogens with zero attached hydrogens (tertiary/aromatic N) is 1. The second-order valence-electron chi connectivity index (χ2n) is 5.86. The van der Waals surface area contributed by atoms with E-state index in [-0.39, 0.29) is 11.9 Å². The van der Waals surface area contributed by atoms with Crippen molar-refractivity contribution in [2.45, 2.75) is 6.04 Å². The minimum Gasteiger partial charge on any atom is -0.497 e. The Morgan fingerprint density at radius 1 is 1.38 bits per heavy atom. The van der Waals surface area contributed by atoms with E-state index in [1.54, 1.807) is 24.6 Å². The monoisotopic (exact) mass is 343 g/mol. The molecule has 1 unspecified atom stereocenters. The molecule has 6 heteroatoms. The van der Waals surface area contributed by atoms with Crippen molar-refractivity contribution in [1.29, 1.82) is 0 Å². The van der Waals surface area contributed by atoms with E-state index in [1.165, 1.54) is 5.56 Å². The number of thiophene rings is 1. The van der Waals surface area contributed by atoms with Gasteiger partial charge in [0.25, 0.3) is 5.91 Å². The van der Waals surface area contributed by atoms with Crippen molar-refractivity contribution in [1.82, 2.24) is 15.2 Å². The lowest BCUT2D eigenvalue weighted by Crippen LogP contribution is -2.34. The van der Waals surface area contributed by atoms with Gasteiger partial charge in [0.05, 0.1) is 18.7 Å². The summed E-state index contributed by atoms with van der Waals surface area (Å²) in [5, 5.41) is 8.09. The van der Waals surface area contributed by atoms with Crippen LogP contribution < -0.4 is 10.1 Å². The summed E-state index contributed by atoms with van der Waals surface area (Å²) < 4.78 is 5.25. The van der Waals surface area contributed by atoms with Crippen molar-refractivity contribution in [2.24, 2.45) is 0 Å². The van der Waals surface area contributed by atoms with E-state index >= 15 is 0 Å². The average molecular weight is 343 g/mol. The van der Waals surface area contributed by atoms with Gasteiger partial charge >= 0.3 is 0 Å². The number of methoxy groups -OCH3 is 1. The van der Waals surface area contributed by atoms with Crippen molar-refractivity contribution >= 4 is 28.1 Å². The van der Waals surface area contributed by atoms with E-state index in [0.29, 0.717) is 12.1 Å². The lowest BCUT2D eigenvalue weighted by molar-refractivity contribution is 0.0943. The van der Waals surface area contributed by atoms with Crippen LogP contribution in [0.2, 0.25) is 0 Å². The molecule has 2 N–H and O–H groups in total. The smallest absolute Gasteiger partial charge is 0.253 e.